The first-order valence-electron chi connectivity index (χ1n) is 7.97. The van der Waals surface area contributed by atoms with Crippen molar-refractivity contribution in [3.8, 4) is 0 Å². The highest BCUT2D eigenvalue weighted by molar-refractivity contribution is 14.0. The Labute approximate surface area is 165 Å². The summed E-state index contributed by atoms with van der Waals surface area (Å²) in [5, 5.41) is 10.1. The van der Waals surface area contributed by atoms with Gasteiger partial charge in [-0.3, -0.25) is 9.79 Å². The van der Waals surface area contributed by atoms with Gasteiger partial charge < -0.3 is 20.3 Å². The van der Waals surface area contributed by atoms with Gasteiger partial charge in [-0.15, -0.1) is 35.3 Å². The number of hydrogen-bond acceptors (Lipinski definition) is 5. The van der Waals surface area contributed by atoms with E-state index in [0.29, 0.717) is 12.6 Å². The smallest absolute Gasteiger partial charge is 0.310 e. The van der Waals surface area contributed by atoms with Gasteiger partial charge >= 0.3 is 5.97 Å². The van der Waals surface area contributed by atoms with Crippen molar-refractivity contribution in [2.75, 3.05) is 38.7 Å². The predicted octanol–water partition coefficient (Wildman–Crippen LogP) is 2.31. The molecule has 0 amide bonds. The van der Waals surface area contributed by atoms with Crippen molar-refractivity contribution in [2.45, 2.75) is 25.8 Å². The summed E-state index contributed by atoms with van der Waals surface area (Å²) in [5.74, 6) is 0.340. The second-order valence-electron chi connectivity index (χ2n) is 5.73. The van der Waals surface area contributed by atoms with Crippen LogP contribution < -0.4 is 15.5 Å². The van der Waals surface area contributed by atoms with E-state index in [1.54, 1.807) is 18.4 Å². The van der Waals surface area contributed by atoms with E-state index < -0.39 is 0 Å². The second kappa shape index (κ2) is 10.8. The molecule has 1 fully saturated rings. The number of nitrogens with one attached hydrogen (secondary N) is 2. The Morgan fingerprint density at radius 3 is 2.75 bits per heavy atom. The Kier molecular flexibility index (Phi) is 9.42. The minimum absolute atomic E-state index is 0. The monoisotopic (exact) mass is 466 g/mol. The standard InChI is InChI=1S/C16H26N4O2S.HI/c1-12(15(21)22-3)11-18-16(17-2)19-13-6-8-20(9-7-13)14-5-4-10-23-14;/h4-5,10,12-13H,6-9,11H2,1-3H3,(H2,17,18,19);1H. The fraction of sp³-hybridized carbons (Fsp3) is 0.625. The summed E-state index contributed by atoms with van der Waals surface area (Å²) < 4.78 is 4.73. The highest BCUT2D eigenvalue weighted by Crippen LogP contribution is 2.24. The average molecular weight is 466 g/mol. The summed E-state index contributed by atoms with van der Waals surface area (Å²) in [5.41, 5.74) is 0. The van der Waals surface area contributed by atoms with Gasteiger partial charge in [0.15, 0.2) is 5.96 Å². The number of ether oxygens (including phenoxy) is 1. The van der Waals surface area contributed by atoms with Crippen LogP contribution >= 0.6 is 35.3 Å². The molecule has 1 saturated heterocycles. The van der Waals surface area contributed by atoms with Crippen LogP contribution in [0.25, 0.3) is 0 Å². The molecule has 0 aliphatic carbocycles. The van der Waals surface area contributed by atoms with Gasteiger partial charge in [0.1, 0.15) is 0 Å². The zero-order valence-electron chi connectivity index (χ0n) is 14.4. The summed E-state index contributed by atoms with van der Waals surface area (Å²) in [7, 11) is 3.16. The van der Waals surface area contributed by atoms with Gasteiger partial charge in [-0.25, -0.2) is 0 Å². The molecule has 1 aliphatic heterocycles. The fourth-order valence-electron chi connectivity index (χ4n) is 2.62. The van der Waals surface area contributed by atoms with Gasteiger partial charge in [-0.05, 0) is 30.4 Å². The molecule has 0 saturated carbocycles. The van der Waals surface area contributed by atoms with E-state index in [9.17, 15) is 4.79 Å². The largest absolute Gasteiger partial charge is 0.469 e. The molecule has 0 radical (unpaired) electrons. The van der Waals surface area contributed by atoms with Crippen LogP contribution in [0.15, 0.2) is 22.5 Å². The van der Waals surface area contributed by atoms with Crippen molar-refractivity contribution in [3.05, 3.63) is 17.5 Å². The maximum absolute atomic E-state index is 11.4. The topological polar surface area (TPSA) is 66.0 Å². The molecule has 1 aromatic rings. The predicted molar refractivity (Wildman–Crippen MR) is 111 cm³/mol. The number of aliphatic imine (C=N–C) groups is 1. The molecule has 1 aromatic heterocycles. The Bertz CT molecular complexity index is 516. The zero-order chi connectivity index (χ0) is 16.7. The van der Waals surface area contributed by atoms with Crippen LogP contribution in [0.2, 0.25) is 0 Å². The number of nitrogens with zero attached hydrogens (tertiary/aromatic N) is 2. The highest BCUT2D eigenvalue weighted by atomic mass is 127. The lowest BCUT2D eigenvalue weighted by Gasteiger charge is -2.33. The SMILES string of the molecule is CN=C(NCC(C)C(=O)OC)NC1CCN(c2cccs2)CC1.I. The average Bonchev–Trinajstić information content (AvgIpc) is 3.12. The maximum Gasteiger partial charge on any atom is 0.310 e. The van der Waals surface area contributed by atoms with E-state index >= 15 is 0 Å². The van der Waals surface area contributed by atoms with E-state index in [1.165, 1.54) is 12.1 Å². The van der Waals surface area contributed by atoms with Gasteiger partial charge in [-0.2, -0.15) is 0 Å². The molecule has 1 atom stereocenters. The molecule has 24 heavy (non-hydrogen) atoms. The zero-order valence-corrected chi connectivity index (χ0v) is 17.6. The molecular weight excluding hydrogens is 439 g/mol. The minimum atomic E-state index is -0.211. The fourth-order valence-corrected chi connectivity index (χ4v) is 3.40. The summed E-state index contributed by atoms with van der Waals surface area (Å²) in [6.07, 6.45) is 2.15. The van der Waals surface area contributed by atoms with E-state index in [2.05, 4.69) is 38.0 Å². The minimum Gasteiger partial charge on any atom is -0.469 e. The number of hydrogen-bond donors (Lipinski definition) is 2. The normalized spacial score (nSPS) is 17.0. The molecule has 1 aliphatic rings. The maximum atomic E-state index is 11.4. The Balaban J connectivity index is 0.00000288. The number of guanidine groups is 1. The first-order chi connectivity index (χ1) is 11.1. The van der Waals surface area contributed by atoms with Crippen molar-refractivity contribution in [2.24, 2.45) is 10.9 Å². The molecule has 0 aromatic carbocycles. The van der Waals surface area contributed by atoms with E-state index in [0.717, 1.165) is 31.9 Å². The third-order valence-corrected chi connectivity index (χ3v) is 4.99. The lowest BCUT2D eigenvalue weighted by Crippen LogP contribution is -2.49. The van der Waals surface area contributed by atoms with Crippen LogP contribution in [0.3, 0.4) is 0 Å². The third kappa shape index (κ3) is 6.12. The van der Waals surface area contributed by atoms with E-state index in [-0.39, 0.29) is 35.9 Å². The number of esters is 1. The number of thiophene rings is 1. The van der Waals surface area contributed by atoms with Gasteiger partial charge in [0.2, 0.25) is 0 Å². The highest BCUT2D eigenvalue weighted by Gasteiger charge is 2.21. The number of carbonyl (C=O) groups excluding carboxylic acids is 1. The van der Waals surface area contributed by atoms with E-state index in [1.807, 2.05) is 6.92 Å². The Hall–Kier alpha value is -1.03. The molecule has 0 bridgehead atoms. The van der Waals surface area contributed by atoms with Crippen LogP contribution in [0.5, 0.6) is 0 Å². The molecule has 0 spiro atoms. The first kappa shape index (κ1) is 21.0. The molecular formula is C16H27IN4O2S. The summed E-state index contributed by atoms with van der Waals surface area (Å²) in [4.78, 5) is 18.1. The van der Waals surface area contributed by atoms with Crippen LogP contribution in [-0.4, -0.2) is 51.8 Å². The van der Waals surface area contributed by atoms with Crippen LogP contribution in [-0.2, 0) is 9.53 Å². The quantitative estimate of drug-likeness (QED) is 0.302. The van der Waals surface area contributed by atoms with E-state index in [4.69, 9.17) is 4.74 Å². The molecule has 6 nitrogen and oxygen atoms in total. The van der Waals surface area contributed by atoms with Crippen molar-refractivity contribution in [1.29, 1.82) is 0 Å². The van der Waals surface area contributed by atoms with Gasteiger partial charge in [0, 0.05) is 32.7 Å². The van der Waals surface area contributed by atoms with Crippen LogP contribution in [0.1, 0.15) is 19.8 Å². The van der Waals surface area contributed by atoms with Crippen molar-refractivity contribution < 1.29 is 9.53 Å². The van der Waals surface area contributed by atoms with Crippen molar-refractivity contribution in [1.82, 2.24) is 10.6 Å². The number of piperidine rings is 1. The lowest BCUT2D eigenvalue weighted by atomic mass is 10.1. The molecule has 1 unspecified atom stereocenters. The lowest BCUT2D eigenvalue weighted by molar-refractivity contribution is -0.144. The number of methoxy groups -OCH3 is 1. The van der Waals surface area contributed by atoms with Crippen molar-refractivity contribution >= 4 is 52.2 Å². The van der Waals surface area contributed by atoms with Crippen LogP contribution in [0.4, 0.5) is 5.00 Å². The number of carbonyl (C=O) groups is 1. The molecule has 8 heteroatoms. The Morgan fingerprint density at radius 2 is 2.21 bits per heavy atom. The van der Waals surface area contributed by atoms with Crippen LogP contribution in [0, 0.1) is 5.92 Å². The van der Waals surface area contributed by atoms with Gasteiger partial charge in [0.05, 0.1) is 18.0 Å². The summed E-state index contributed by atoms with van der Waals surface area (Å²) in [6.45, 7) is 4.45. The molecule has 2 rings (SSSR count). The first-order valence-corrected chi connectivity index (χ1v) is 8.85. The molecule has 136 valence electrons. The number of halogens is 1. The molecule has 2 N–H and O–H groups in total. The Morgan fingerprint density at radius 1 is 1.50 bits per heavy atom. The van der Waals surface area contributed by atoms with Gasteiger partial charge in [-0.1, -0.05) is 6.92 Å². The summed E-state index contributed by atoms with van der Waals surface area (Å²) >= 11 is 1.79. The van der Waals surface area contributed by atoms with Crippen molar-refractivity contribution in [3.63, 3.8) is 0 Å². The number of rotatable bonds is 5. The third-order valence-electron chi connectivity index (χ3n) is 4.06. The van der Waals surface area contributed by atoms with Gasteiger partial charge in [0.25, 0.3) is 0 Å². The summed E-state index contributed by atoms with van der Waals surface area (Å²) in [6, 6.07) is 4.68. The molecule has 2 heterocycles. The number of anilines is 1. The second-order valence-corrected chi connectivity index (χ2v) is 6.66.